The van der Waals surface area contributed by atoms with Crippen LogP contribution in [0.1, 0.15) is 106 Å². The van der Waals surface area contributed by atoms with Crippen LogP contribution in [0.25, 0.3) is 0 Å². The number of carbonyl (C=O) groups is 2. The van der Waals surface area contributed by atoms with Gasteiger partial charge in [-0.15, -0.1) is 0 Å². The van der Waals surface area contributed by atoms with E-state index in [1.165, 1.54) is 12.8 Å². The van der Waals surface area contributed by atoms with Gasteiger partial charge >= 0.3 is 11.9 Å². The van der Waals surface area contributed by atoms with Crippen molar-refractivity contribution < 1.29 is 19.1 Å². The molecule has 0 aromatic rings. The van der Waals surface area contributed by atoms with Gasteiger partial charge < -0.3 is 9.47 Å². The Balaban J connectivity index is 2.11. The van der Waals surface area contributed by atoms with Gasteiger partial charge in [-0.3, -0.25) is 9.59 Å². The average molecular weight is 425 g/mol. The van der Waals surface area contributed by atoms with Crippen LogP contribution in [-0.2, 0) is 19.1 Å². The lowest BCUT2D eigenvalue weighted by atomic mass is 9.82. The summed E-state index contributed by atoms with van der Waals surface area (Å²) in [6.45, 7) is 14.6. The fourth-order valence-electron chi connectivity index (χ4n) is 3.95. The van der Waals surface area contributed by atoms with Crippen molar-refractivity contribution >= 4 is 11.9 Å². The first-order chi connectivity index (χ1) is 14.2. The number of ether oxygens (including phenoxy) is 2. The van der Waals surface area contributed by atoms with Gasteiger partial charge in [0.15, 0.2) is 0 Å². The van der Waals surface area contributed by atoms with Gasteiger partial charge in [0.1, 0.15) is 0 Å². The molecule has 0 aliphatic heterocycles. The fourth-order valence-corrected chi connectivity index (χ4v) is 3.95. The van der Waals surface area contributed by atoms with E-state index in [0.717, 1.165) is 63.2 Å². The molecule has 0 bridgehead atoms. The molecule has 176 valence electrons. The lowest BCUT2D eigenvalue weighted by molar-refractivity contribution is -0.155. The molecule has 1 rings (SSSR count). The monoisotopic (exact) mass is 424 g/mol. The summed E-state index contributed by atoms with van der Waals surface area (Å²) in [5.74, 6) is 2.64. The van der Waals surface area contributed by atoms with Gasteiger partial charge in [0, 0.05) is 0 Å². The highest BCUT2D eigenvalue weighted by Gasteiger charge is 2.31. The zero-order chi connectivity index (χ0) is 22.5. The van der Waals surface area contributed by atoms with Gasteiger partial charge in [0.05, 0.1) is 25.0 Å². The van der Waals surface area contributed by atoms with Crippen LogP contribution in [0.15, 0.2) is 0 Å². The molecule has 0 spiro atoms. The van der Waals surface area contributed by atoms with Crippen LogP contribution in [0.4, 0.5) is 0 Å². The Labute approximate surface area is 185 Å². The molecule has 1 aliphatic carbocycles. The van der Waals surface area contributed by atoms with Crippen LogP contribution in [0, 0.1) is 35.5 Å². The van der Waals surface area contributed by atoms with Crippen molar-refractivity contribution in [2.75, 3.05) is 13.2 Å². The van der Waals surface area contributed by atoms with Crippen molar-refractivity contribution in [1.29, 1.82) is 0 Å². The summed E-state index contributed by atoms with van der Waals surface area (Å²) < 4.78 is 11.0. The molecule has 2 unspecified atom stereocenters. The van der Waals surface area contributed by atoms with E-state index >= 15 is 0 Å². The van der Waals surface area contributed by atoms with E-state index in [9.17, 15) is 9.59 Å². The summed E-state index contributed by atoms with van der Waals surface area (Å²) in [5.41, 5.74) is 0. The molecule has 1 fully saturated rings. The molecule has 1 aliphatic rings. The van der Waals surface area contributed by atoms with Crippen LogP contribution in [-0.4, -0.2) is 25.2 Å². The molecule has 0 saturated heterocycles. The van der Waals surface area contributed by atoms with Crippen molar-refractivity contribution in [3.05, 3.63) is 0 Å². The molecule has 1 saturated carbocycles. The summed E-state index contributed by atoms with van der Waals surface area (Å²) in [4.78, 5) is 24.6. The lowest BCUT2D eigenvalue weighted by Gasteiger charge is -2.26. The highest BCUT2D eigenvalue weighted by molar-refractivity contribution is 5.75. The van der Waals surface area contributed by atoms with Crippen molar-refractivity contribution in [1.82, 2.24) is 0 Å². The van der Waals surface area contributed by atoms with Gasteiger partial charge in [-0.05, 0) is 75.0 Å². The topological polar surface area (TPSA) is 52.6 Å². The van der Waals surface area contributed by atoms with Gasteiger partial charge in [0.25, 0.3) is 0 Å². The van der Waals surface area contributed by atoms with E-state index in [-0.39, 0.29) is 23.8 Å². The molecule has 4 heteroatoms. The van der Waals surface area contributed by atoms with E-state index in [1.54, 1.807) is 0 Å². The molecule has 0 amide bonds. The number of unbranched alkanes of at least 4 members (excludes halogenated alkanes) is 2. The minimum Gasteiger partial charge on any atom is -0.465 e. The van der Waals surface area contributed by atoms with E-state index in [2.05, 4.69) is 41.5 Å². The predicted octanol–water partition coefficient (Wildman–Crippen LogP) is 6.80. The number of carbonyl (C=O) groups excluding carboxylic acids is 2. The van der Waals surface area contributed by atoms with Gasteiger partial charge in [-0.25, -0.2) is 0 Å². The Morgan fingerprint density at radius 3 is 1.27 bits per heavy atom. The van der Waals surface area contributed by atoms with Crippen LogP contribution >= 0.6 is 0 Å². The van der Waals surface area contributed by atoms with Crippen molar-refractivity contribution in [2.24, 2.45) is 35.5 Å². The van der Waals surface area contributed by atoms with E-state index in [4.69, 9.17) is 9.47 Å². The molecule has 0 aromatic carbocycles. The fraction of sp³-hybridized carbons (Fsp3) is 0.923. The maximum absolute atomic E-state index is 12.3. The minimum absolute atomic E-state index is 0.0406. The Morgan fingerprint density at radius 2 is 0.967 bits per heavy atom. The molecule has 30 heavy (non-hydrogen) atoms. The standard InChI is InChI=1S/C26H48O4/c1-19(2)21(5)11-7-9-17-29-25(27)23-13-15-24(16-14-23)26(28)30-18-10-8-12-22(6)20(3)4/h19-24H,7-18H2,1-6H3. The maximum Gasteiger partial charge on any atom is 0.308 e. The van der Waals surface area contributed by atoms with E-state index < -0.39 is 0 Å². The van der Waals surface area contributed by atoms with Crippen LogP contribution < -0.4 is 0 Å². The van der Waals surface area contributed by atoms with Crippen LogP contribution in [0.3, 0.4) is 0 Å². The van der Waals surface area contributed by atoms with Crippen LogP contribution in [0.5, 0.6) is 0 Å². The van der Waals surface area contributed by atoms with E-state index in [0.29, 0.717) is 25.0 Å². The normalized spacial score (nSPS) is 21.5. The Kier molecular flexibility index (Phi) is 13.4. The average Bonchev–Trinajstić information content (AvgIpc) is 2.72. The summed E-state index contributed by atoms with van der Waals surface area (Å²) >= 11 is 0. The van der Waals surface area contributed by atoms with Crippen LogP contribution in [0.2, 0.25) is 0 Å². The first-order valence-corrected chi connectivity index (χ1v) is 12.6. The van der Waals surface area contributed by atoms with Gasteiger partial charge in [-0.1, -0.05) is 54.4 Å². The molecule has 0 radical (unpaired) electrons. The molecule has 0 aromatic heterocycles. The Morgan fingerprint density at radius 1 is 0.633 bits per heavy atom. The summed E-state index contributed by atoms with van der Waals surface area (Å²) in [6.07, 6.45) is 9.48. The van der Waals surface area contributed by atoms with E-state index in [1.807, 2.05) is 0 Å². The molecular weight excluding hydrogens is 376 g/mol. The minimum atomic E-state index is -0.0713. The maximum atomic E-state index is 12.3. The summed E-state index contributed by atoms with van der Waals surface area (Å²) in [6, 6.07) is 0. The molecular formula is C26H48O4. The molecule has 0 heterocycles. The lowest BCUT2D eigenvalue weighted by Crippen LogP contribution is -2.28. The second-order valence-electron chi connectivity index (χ2n) is 10.3. The zero-order valence-corrected chi connectivity index (χ0v) is 20.6. The third-order valence-electron chi connectivity index (χ3n) is 7.27. The summed E-state index contributed by atoms with van der Waals surface area (Å²) in [5, 5.41) is 0. The number of hydrogen-bond acceptors (Lipinski definition) is 4. The second-order valence-corrected chi connectivity index (χ2v) is 10.3. The molecule has 0 N–H and O–H groups in total. The highest BCUT2D eigenvalue weighted by Crippen LogP contribution is 2.30. The first-order valence-electron chi connectivity index (χ1n) is 12.6. The number of esters is 2. The largest absolute Gasteiger partial charge is 0.465 e. The first kappa shape index (κ1) is 27.0. The van der Waals surface area contributed by atoms with Crippen molar-refractivity contribution in [2.45, 2.75) is 106 Å². The molecule has 4 nitrogen and oxygen atoms in total. The third kappa shape index (κ3) is 10.8. The van der Waals surface area contributed by atoms with Crippen molar-refractivity contribution in [3.8, 4) is 0 Å². The number of rotatable bonds is 14. The highest BCUT2D eigenvalue weighted by atomic mass is 16.5. The molecule has 2 atom stereocenters. The van der Waals surface area contributed by atoms with Gasteiger partial charge in [-0.2, -0.15) is 0 Å². The quantitative estimate of drug-likeness (QED) is 0.227. The summed E-state index contributed by atoms with van der Waals surface area (Å²) in [7, 11) is 0. The zero-order valence-electron chi connectivity index (χ0n) is 20.6. The number of hydrogen-bond donors (Lipinski definition) is 0. The predicted molar refractivity (Wildman–Crippen MR) is 123 cm³/mol. The SMILES string of the molecule is CC(C)C(C)CCCCOC(=O)C1CCC(C(=O)OCCCCC(C)C(C)C)CC1. The third-order valence-corrected chi connectivity index (χ3v) is 7.27. The Bertz CT molecular complexity index is 433. The smallest absolute Gasteiger partial charge is 0.308 e. The van der Waals surface area contributed by atoms with Crippen molar-refractivity contribution in [3.63, 3.8) is 0 Å². The Hall–Kier alpha value is -1.06. The second kappa shape index (κ2) is 14.9. The van der Waals surface area contributed by atoms with Gasteiger partial charge in [0.2, 0.25) is 0 Å².